The van der Waals surface area contributed by atoms with Crippen molar-refractivity contribution in [2.45, 2.75) is 57.8 Å². The maximum atomic E-state index is 11.3. The molecule has 1 heterocycles. The second kappa shape index (κ2) is 5.98. The quantitative estimate of drug-likeness (QED) is 0.765. The van der Waals surface area contributed by atoms with Crippen molar-refractivity contribution in [2.24, 2.45) is 5.73 Å². The summed E-state index contributed by atoms with van der Waals surface area (Å²) in [6.45, 7) is 3.73. The van der Waals surface area contributed by atoms with Gasteiger partial charge >= 0.3 is 0 Å². The van der Waals surface area contributed by atoms with Gasteiger partial charge in [0.15, 0.2) is 0 Å². The van der Waals surface area contributed by atoms with Crippen molar-refractivity contribution in [2.75, 3.05) is 11.5 Å². The molecule has 4 nitrogen and oxygen atoms in total. The molecule has 0 aromatic heterocycles. The van der Waals surface area contributed by atoms with E-state index in [4.69, 9.17) is 10.5 Å². The molecule has 16 heavy (non-hydrogen) atoms. The highest BCUT2D eigenvalue weighted by Crippen LogP contribution is 2.22. The van der Waals surface area contributed by atoms with Crippen LogP contribution in [0.3, 0.4) is 0 Å². The van der Waals surface area contributed by atoms with E-state index in [1.165, 1.54) is 0 Å². The molecule has 0 aliphatic carbocycles. The van der Waals surface area contributed by atoms with Gasteiger partial charge in [0.05, 0.1) is 18.0 Å². The second-order valence-electron chi connectivity index (χ2n) is 4.60. The van der Waals surface area contributed by atoms with Crippen LogP contribution in [0, 0.1) is 0 Å². The van der Waals surface area contributed by atoms with Gasteiger partial charge in [-0.1, -0.05) is 6.92 Å². The highest BCUT2D eigenvalue weighted by atomic mass is 32.2. The summed E-state index contributed by atoms with van der Waals surface area (Å²) in [6, 6.07) is -0.0167. The molecule has 0 amide bonds. The van der Waals surface area contributed by atoms with Gasteiger partial charge < -0.3 is 10.5 Å². The highest BCUT2D eigenvalue weighted by molar-refractivity contribution is 7.91. The van der Waals surface area contributed by atoms with E-state index in [9.17, 15) is 8.42 Å². The lowest BCUT2D eigenvalue weighted by Gasteiger charge is -2.19. The molecule has 0 spiro atoms. The van der Waals surface area contributed by atoms with E-state index in [0.29, 0.717) is 12.5 Å². The van der Waals surface area contributed by atoms with Crippen molar-refractivity contribution in [1.29, 1.82) is 0 Å². The smallest absolute Gasteiger partial charge is 0.150 e. The van der Waals surface area contributed by atoms with Crippen molar-refractivity contribution < 1.29 is 13.2 Å². The Morgan fingerprint density at radius 2 is 2.12 bits per heavy atom. The topological polar surface area (TPSA) is 69.4 Å². The van der Waals surface area contributed by atoms with Gasteiger partial charge in [-0.15, -0.1) is 0 Å². The molecule has 0 bridgehead atoms. The van der Waals surface area contributed by atoms with Crippen LogP contribution in [0.25, 0.3) is 0 Å². The summed E-state index contributed by atoms with van der Waals surface area (Å²) < 4.78 is 28.2. The summed E-state index contributed by atoms with van der Waals surface area (Å²) in [5.74, 6) is 0.471. The fraction of sp³-hybridized carbons (Fsp3) is 1.00. The van der Waals surface area contributed by atoms with Crippen LogP contribution in [-0.2, 0) is 14.6 Å². The van der Waals surface area contributed by atoms with Crippen molar-refractivity contribution in [1.82, 2.24) is 0 Å². The molecule has 96 valence electrons. The van der Waals surface area contributed by atoms with Crippen LogP contribution >= 0.6 is 0 Å². The van der Waals surface area contributed by atoms with Gasteiger partial charge in [-0.05, 0) is 32.6 Å². The van der Waals surface area contributed by atoms with Gasteiger partial charge in [-0.25, -0.2) is 8.42 Å². The van der Waals surface area contributed by atoms with Crippen molar-refractivity contribution >= 4 is 9.84 Å². The van der Waals surface area contributed by atoms with Crippen molar-refractivity contribution in [3.8, 4) is 0 Å². The van der Waals surface area contributed by atoms with Crippen LogP contribution in [-0.4, -0.2) is 38.2 Å². The Morgan fingerprint density at radius 3 is 2.62 bits per heavy atom. The number of ether oxygens (including phenoxy) is 1. The standard InChI is InChI=1S/C11H23NO3S/c1-3-16(13,14)8-4-5-10(12)11-7-6-9(2)15-11/h9-11H,3-8,12H2,1-2H3. The Balaban J connectivity index is 2.23. The summed E-state index contributed by atoms with van der Waals surface area (Å²) in [7, 11) is -2.85. The predicted molar refractivity (Wildman–Crippen MR) is 65.1 cm³/mol. The largest absolute Gasteiger partial charge is 0.374 e. The minimum atomic E-state index is -2.85. The van der Waals surface area contributed by atoms with E-state index in [-0.39, 0.29) is 23.7 Å². The summed E-state index contributed by atoms with van der Waals surface area (Å²) in [5, 5.41) is 0. The van der Waals surface area contributed by atoms with Crippen LogP contribution in [0.15, 0.2) is 0 Å². The minimum Gasteiger partial charge on any atom is -0.374 e. The average Bonchev–Trinajstić information content (AvgIpc) is 2.64. The molecule has 1 rings (SSSR count). The molecule has 1 fully saturated rings. The lowest BCUT2D eigenvalue weighted by atomic mass is 10.0. The van der Waals surface area contributed by atoms with E-state index in [2.05, 4.69) is 0 Å². The Hall–Kier alpha value is -0.130. The molecule has 5 heteroatoms. The number of nitrogens with two attached hydrogens (primary N) is 1. The fourth-order valence-electron chi connectivity index (χ4n) is 2.02. The van der Waals surface area contributed by atoms with Gasteiger partial charge in [-0.2, -0.15) is 0 Å². The monoisotopic (exact) mass is 249 g/mol. The van der Waals surface area contributed by atoms with E-state index in [0.717, 1.165) is 19.3 Å². The third-order valence-electron chi connectivity index (χ3n) is 3.17. The van der Waals surface area contributed by atoms with Crippen LogP contribution in [0.5, 0.6) is 0 Å². The lowest BCUT2D eigenvalue weighted by Crippen LogP contribution is -2.35. The van der Waals surface area contributed by atoms with Crippen LogP contribution < -0.4 is 5.73 Å². The van der Waals surface area contributed by atoms with Crippen LogP contribution in [0.4, 0.5) is 0 Å². The Morgan fingerprint density at radius 1 is 1.44 bits per heavy atom. The molecular formula is C11H23NO3S. The zero-order valence-electron chi connectivity index (χ0n) is 10.2. The van der Waals surface area contributed by atoms with Crippen LogP contribution in [0.2, 0.25) is 0 Å². The first-order chi connectivity index (χ1) is 7.44. The number of rotatable bonds is 6. The fourth-order valence-corrected chi connectivity index (χ4v) is 2.91. The SMILES string of the molecule is CCS(=O)(=O)CCCC(N)C1CCC(C)O1. The highest BCUT2D eigenvalue weighted by Gasteiger charge is 2.27. The Kier molecular flexibility index (Phi) is 5.21. The summed E-state index contributed by atoms with van der Waals surface area (Å²) in [4.78, 5) is 0. The molecule has 0 aromatic carbocycles. The molecule has 3 atom stereocenters. The first-order valence-corrected chi connectivity index (χ1v) is 7.88. The Bertz CT molecular complexity index is 302. The molecule has 0 radical (unpaired) electrons. The second-order valence-corrected chi connectivity index (χ2v) is 7.08. The molecule has 1 saturated heterocycles. The number of hydrogen-bond acceptors (Lipinski definition) is 4. The molecule has 3 unspecified atom stereocenters. The van der Waals surface area contributed by atoms with E-state index in [1.54, 1.807) is 6.92 Å². The normalized spacial score (nSPS) is 28.2. The zero-order chi connectivity index (χ0) is 12.2. The molecule has 0 saturated carbocycles. The number of hydrogen-bond donors (Lipinski definition) is 1. The maximum absolute atomic E-state index is 11.3. The molecule has 0 aromatic rings. The van der Waals surface area contributed by atoms with E-state index >= 15 is 0 Å². The van der Waals surface area contributed by atoms with Gasteiger partial charge in [0.25, 0.3) is 0 Å². The van der Waals surface area contributed by atoms with Crippen LogP contribution in [0.1, 0.15) is 39.5 Å². The van der Waals surface area contributed by atoms with Crippen molar-refractivity contribution in [3.63, 3.8) is 0 Å². The van der Waals surface area contributed by atoms with Gasteiger partial charge in [0.1, 0.15) is 9.84 Å². The average molecular weight is 249 g/mol. The summed E-state index contributed by atoms with van der Waals surface area (Å²) in [5.41, 5.74) is 5.99. The molecular weight excluding hydrogens is 226 g/mol. The third kappa shape index (κ3) is 4.39. The van der Waals surface area contributed by atoms with E-state index in [1.807, 2.05) is 6.92 Å². The van der Waals surface area contributed by atoms with Crippen molar-refractivity contribution in [3.05, 3.63) is 0 Å². The van der Waals surface area contributed by atoms with Gasteiger partial charge in [0.2, 0.25) is 0 Å². The van der Waals surface area contributed by atoms with E-state index < -0.39 is 9.84 Å². The first-order valence-electron chi connectivity index (χ1n) is 6.06. The first kappa shape index (κ1) is 13.9. The number of sulfone groups is 1. The molecule has 1 aliphatic heterocycles. The maximum Gasteiger partial charge on any atom is 0.150 e. The lowest BCUT2D eigenvalue weighted by molar-refractivity contribution is 0.0386. The minimum absolute atomic E-state index is 0.0167. The predicted octanol–water partition coefficient (Wildman–Crippen LogP) is 1.10. The Labute approximate surface area is 98.5 Å². The zero-order valence-corrected chi connectivity index (χ0v) is 11.0. The molecule has 1 aliphatic rings. The summed E-state index contributed by atoms with van der Waals surface area (Å²) in [6.07, 6.45) is 3.87. The summed E-state index contributed by atoms with van der Waals surface area (Å²) >= 11 is 0. The van der Waals surface area contributed by atoms with Gasteiger partial charge in [-0.3, -0.25) is 0 Å². The third-order valence-corrected chi connectivity index (χ3v) is 4.97. The van der Waals surface area contributed by atoms with Gasteiger partial charge in [0, 0.05) is 11.8 Å². The molecule has 2 N–H and O–H groups in total.